The molecule has 1 saturated carbocycles. The van der Waals surface area contributed by atoms with Gasteiger partial charge in [-0.25, -0.2) is 0 Å². The van der Waals surface area contributed by atoms with Crippen LogP contribution in [0.1, 0.15) is 50.7 Å². The Morgan fingerprint density at radius 1 is 0.938 bits per heavy atom. The summed E-state index contributed by atoms with van der Waals surface area (Å²) in [4.78, 5) is 49.4. The molecule has 9 nitrogen and oxygen atoms in total. The molecule has 1 aliphatic carbocycles. The zero-order valence-electron chi connectivity index (χ0n) is 28.6. The van der Waals surface area contributed by atoms with Crippen LogP contribution in [0.25, 0.3) is 0 Å². The first-order valence-corrected chi connectivity index (χ1v) is 18.1. The van der Waals surface area contributed by atoms with Crippen molar-refractivity contribution >= 4 is 23.4 Å². The van der Waals surface area contributed by atoms with E-state index in [0.29, 0.717) is 24.1 Å². The number of benzene rings is 2. The van der Waals surface area contributed by atoms with Crippen LogP contribution in [0.15, 0.2) is 66.7 Å². The molecule has 8 atom stereocenters. The number of amides is 3. The highest BCUT2D eigenvalue weighted by atomic mass is 16.5. The van der Waals surface area contributed by atoms with Crippen molar-refractivity contribution in [1.82, 2.24) is 20.0 Å². The number of nitrogens with zero attached hydrogens (tertiary/aromatic N) is 3. The first-order valence-electron chi connectivity index (χ1n) is 18.1. The van der Waals surface area contributed by atoms with Crippen LogP contribution in [0.5, 0.6) is 0 Å². The van der Waals surface area contributed by atoms with Gasteiger partial charge in [-0.3, -0.25) is 19.3 Å². The molecule has 2 aromatic rings. The van der Waals surface area contributed by atoms with E-state index < -0.39 is 29.6 Å². The number of carbonyl (C=O) groups is 3. The normalized spacial score (nSPS) is 33.2. The lowest BCUT2D eigenvalue weighted by Crippen LogP contribution is -2.58. The van der Waals surface area contributed by atoms with Crippen molar-refractivity contribution in [3.8, 4) is 0 Å². The number of anilines is 1. The molecular formula is C39H51N5O4. The highest BCUT2D eigenvalue weighted by Crippen LogP contribution is 2.55. The van der Waals surface area contributed by atoms with Crippen molar-refractivity contribution in [2.24, 2.45) is 23.7 Å². The topological polar surface area (TPSA) is 94.2 Å². The number of likely N-dealkylation sites (tertiary alicyclic amines) is 1. The van der Waals surface area contributed by atoms with E-state index in [1.54, 1.807) is 4.90 Å². The average molecular weight is 654 g/mol. The summed E-state index contributed by atoms with van der Waals surface area (Å²) in [6, 6.07) is 17.5. The van der Waals surface area contributed by atoms with Gasteiger partial charge in [0.15, 0.2) is 0 Å². The van der Waals surface area contributed by atoms with E-state index in [1.807, 2.05) is 43.3 Å². The van der Waals surface area contributed by atoms with Crippen molar-refractivity contribution in [3.05, 3.63) is 77.9 Å². The molecule has 4 heterocycles. The molecule has 48 heavy (non-hydrogen) atoms. The van der Waals surface area contributed by atoms with Gasteiger partial charge in [-0.05, 0) is 61.4 Å². The van der Waals surface area contributed by atoms with Gasteiger partial charge in [-0.1, -0.05) is 81.3 Å². The molecule has 2 bridgehead atoms. The third kappa shape index (κ3) is 6.32. The molecule has 0 unspecified atom stereocenters. The smallest absolute Gasteiger partial charge is 0.246 e. The van der Waals surface area contributed by atoms with Gasteiger partial charge in [0.25, 0.3) is 0 Å². The second kappa shape index (κ2) is 13.8. The number of rotatable bonds is 10. The summed E-state index contributed by atoms with van der Waals surface area (Å²) in [6.45, 7) is 12.7. The number of carbonyl (C=O) groups excluding carboxylic acids is 3. The van der Waals surface area contributed by atoms with E-state index in [0.717, 1.165) is 64.1 Å². The van der Waals surface area contributed by atoms with Gasteiger partial charge in [0, 0.05) is 51.0 Å². The van der Waals surface area contributed by atoms with Gasteiger partial charge >= 0.3 is 0 Å². The van der Waals surface area contributed by atoms with Crippen LogP contribution in [0.3, 0.4) is 0 Å². The molecule has 0 radical (unpaired) electrons. The molecule has 5 aliphatic rings. The number of piperazine rings is 1. The standard InChI is InChI=1S/C39H51N5O4/c1-26-10-7-14-30(24-26)40-36(45)33-32-16-17-39(48-32)34(33)38(47)44(35(39)37(46)41-31-15-8-11-27(2)28(31)3)19-9-18-42-20-22-43(23-21-42)25-29-12-5-4-6-13-29/h4-7,10,12-14,16-17,24,27-28,31-35H,8-9,11,15,18-23,25H2,1-3H3,(H,40,45)(H,41,46)/t27-,28-,31-,32-,33+,34-,35-,39-/m1/s1. The molecule has 7 rings (SSSR count). The molecule has 256 valence electrons. The van der Waals surface area contributed by atoms with Crippen LogP contribution >= 0.6 is 0 Å². The number of ether oxygens (including phenoxy) is 1. The molecule has 3 amide bonds. The fraction of sp³-hybridized carbons (Fsp3) is 0.564. The van der Waals surface area contributed by atoms with E-state index in [9.17, 15) is 14.4 Å². The van der Waals surface area contributed by atoms with Crippen LogP contribution in [0, 0.1) is 30.6 Å². The monoisotopic (exact) mass is 653 g/mol. The van der Waals surface area contributed by atoms with Crippen LogP contribution in [0.2, 0.25) is 0 Å². The number of nitrogens with one attached hydrogen (secondary N) is 2. The predicted molar refractivity (Wildman–Crippen MR) is 186 cm³/mol. The third-order valence-electron chi connectivity index (χ3n) is 11.8. The van der Waals surface area contributed by atoms with Gasteiger partial charge in [0.2, 0.25) is 17.7 Å². The van der Waals surface area contributed by atoms with Crippen molar-refractivity contribution in [1.29, 1.82) is 0 Å². The lowest BCUT2D eigenvalue weighted by atomic mass is 9.73. The molecule has 0 aromatic heterocycles. The SMILES string of the molecule is Cc1cccc(NC(=O)[C@H]2[C@H]3C=C[C@@]4(O3)[C@H]2C(=O)N(CCCN2CCN(Cc3ccccc3)CC2)[C@@H]4C(=O)N[C@@H]2CCC[C@@H](C)[C@H]2C)c1. The zero-order valence-corrected chi connectivity index (χ0v) is 28.6. The summed E-state index contributed by atoms with van der Waals surface area (Å²) in [5, 5.41) is 6.42. The summed E-state index contributed by atoms with van der Waals surface area (Å²) in [5.74, 6) is -1.10. The first kappa shape index (κ1) is 33.0. The molecule has 2 N–H and O–H groups in total. The van der Waals surface area contributed by atoms with E-state index in [-0.39, 0.29) is 23.8 Å². The van der Waals surface area contributed by atoms with Crippen molar-refractivity contribution < 1.29 is 19.1 Å². The first-order chi connectivity index (χ1) is 23.2. The number of aryl methyl sites for hydroxylation is 1. The Hall–Kier alpha value is -3.53. The fourth-order valence-electron chi connectivity index (χ4n) is 8.98. The maximum atomic E-state index is 14.4. The number of fused-ring (bicyclic) bond motifs is 1. The molecule has 9 heteroatoms. The Kier molecular flexibility index (Phi) is 9.46. The molecule has 2 aromatic carbocycles. The maximum absolute atomic E-state index is 14.4. The lowest BCUT2D eigenvalue weighted by Gasteiger charge is -2.38. The third-order valence-corrected chi connectivity index (χ3v) is 11.8. The van der Waals surface area contributed by atoms with E-state index in [2.05, 4.69) is 64.6 Å². The van der Waals surface area contributed by atoms with Gasteiger partial charge in [0.05, 0.1) is 17.9 Å². The highest BCUT2D eigenvalue weighted by molar-refractivity contribution is 6.02. The summed E-state index contributed by atoms with van der Waals surface area (Å²) >= 11 is 0. The Balaban J connectivity index is 1.06. The predicted octanol–water partition coefficient (Wildman–Crippen LogP) is 4.23. The maximum Gasteiger partial charge on any atom is 0.246 e. The van der Waals surface area contributed by atoms with Crippen LogP contribution in [-0.2, 0) is 25.7 Å². The van der Waals surface area contributed by atoms with Gasteiger partial charge in [-0.2, -0.15) is 0 Å². The van der Waals surface area contributed by atoms with Crippen molar-refractivity contribution in [3.63, 3.8) is 0 Å². The lowest BCUT2D eigenvalue weighted by molar-refractivity contribution is -0.141. The fourth-order valence-corrected chi connectivity index (χ4v) is 8.98. The van der Waals surface area contributed by atoms with Crippen LogP contribution in [0.4, 0.5) is 5.69 Å². The quantitative estimate of drug-likeness (QED) is 0.373. The summed E-state index contributed by atoms with van der Waals surface area (Å²) in [7, 11) is 0. The van der Waals surface area contributed by atoms with Gasteiger partial charge < -0.3 is 25.2 Å². The minimum absolute atomic E-state index is 0.0591. The second-order valence-corrected chi connectivity index (χ2v) is 14.9. The number of hydrogen-bond acceptors (Lipinski definition) is 6. The summed E-state index contributed by atoms with van der Waals surface area (Å²) < 4.78 is 6.60. The minimum Gasteiger partial charge on any atom is -0.359 e. The van der Waals surface area contributed by atoms with E-state index in [4.69, 9.17) is 4.74 Å². The highest BCUT2D eigenvalue weighted by Gasteiger charge is 2.72. The minimum atomic E-state index is -1.15. The van der Waals surface area contributed by atoms with E-state index in [1.165, 1.54) is 12.0 Å². The Morgan fingerprint density at radius 3 is 2.48 bits per heavy atom. The Labute approximate surface area is 285 Å². The number of hydrogen-bond donors (Lipinski definition) is 2. The summed E-state index contributed by atoms with van der Waals surface area (Å²) in [6.07, 6.45) is 7.21. The van der Waals surface area contributed by atoms with E-state index >= 15 is 0 Å². The van der Waals surface area contributed by atoms with Crippen LogP contribution in [-0.4, -0.2) is 95.5 Å². The average Bonchev–Trinajstić information content (AvgIpc) is 3.72. The molecule has 1 spiro atoms. The Morgan fingerprint density at radius 2 is 1.71 bits per heavy atom. The van der Waals surface area contributed by atoms with Crippen molar-refractivity contribution in [2.45, 2.75) is 76.8 Å². The van der Waals surface area contributed by atoms with Crippen LogP contribution < -0.4 is 10.6 Å². The van der Waals surface area contributed by atoms with Crippen molar-refractivity contribution in [2.75, 3.05) is 44.6 Å². The molecule has 3 saturated heterocycles. The molecule has 4 aliphatic heterocycles. The second-order valence-electron chi connectivity index (χ2n) is 14.9. The molecule has 4 fully saturated rings. The Bertz CT molecular complexity index is 1520. The summed E-state index contributed by atoms with van der Waals surface area (Å²) in [5.41, 5.74) is 1.92. The van der Waals surface area contributed by atoms with Gasteiger partial charge in [-0.15, -0.1) is 0 Å². The zero-order chi connectivity index (χ0) is 33.4. The largest absolute Gasteiger partial charge is 0.359 e. The molecular weight excluding hydrogens is 602 g/mol. The van der Waals surface area contributed by atoms with Gasteiger partial charge in [0.1, 0.15) is 11.6 Å².